The Kier molecular flexibility index (Phi) is 3.64. The predicted octanol–water partition coefficient (Wildman–Crippen LogP) is 2.56. The van der Waals surface area contributed by atoms with Gasteiger partial charge in [-0.1, -0.05) is 43.5 Å². The molecule has 3 rings (SSSR count). The van der Waals surface area contributed by atoms with Gasteiger partial charge in [0.2, 0.25) is 0 Å². The van der Waals surface area contributed by atoms with E-state index < -0.39 is 0 Å². The smallest absolute Gasteiger partial charge is 0.0698 e. The van der Waals surface area contributed by atoms with Crippen LogP contribution < -0.4 is 16.6 Å². The van der Waals surface area contributed by atoms with Crippen molar-refractivity contribution < 1.29 is 0 Å². The van der Waals surface area contributed by atoms with Crippen LogP contribution in [0.5, 0.6) is 0 Å². The molecule has 0 radical (unpaired) electrons. The van der Waals surface area contributed by atoms with Crippen molar-refractivity contribution in [3.05, 3.63) is 35.4 Å². The summed E-state index contributed by atoms with van der Waals surface area (Å²) >= 11 is 0. The Labute approximate surface area is 109 Å². The molecule has 1 aromatic carbocycles. The molecular weight excluding hydrogens is 222 g/mol. The lowest BCUT2D eigenvalue weighted by Gasteiger charge is -2.22. The molecule has 2 atom stereocenters. The standard InChI is InChI=1S/C15H23N3/c16-15-10-14(17-18-15)13-8-6-12(7-9-13)11-4-2-1-3-5-11/h6-9,11,14-15,17-18H,1-5,10,16H2. The summed E-state index contributed by atoms with van der Waals surface area (Å²) in [6.45, 7) is 0. The second kappa shape index (κ2) is 5.39. The average Bonchev–Trinajstić information content (AvgIpc) is 2.87. The van der Waals surface area contributed by atoms with Gasteiger partial charge in [0.1, 0.15) is 0 Å². The fourth-order valence-corrected chi connectivity index (χ4v) is 3.24. The molecule has 4 N–H and O–H groups in total. The molecule has 1 aromatic rings. The van der Waals surface area contributed by atoms with Gasteiger partial charge >= 0.3 is 0 Å². The third-order valence-corrected chi connectivity index (χ3v) is 4.35. The molecule has 18 heavy (non-hydrogen) atoms. The van der Waals surface area contributed by atoms with Crippen LogP contribution >= 0.6 is 0 Å². The Morgan fingerprint density at radius 1 is 0.889 bits per heavy atom. The van der Waals surface area contributed by atoms with Gasteiger partial charge in [0.25, 0.3) is 0 Å². The van der Waals surface area contributed by atoms with Crippen molar-refractivity contribution in [3.8, 4) is 0 Å². The van der Waals surface area contributed by atoms with Crippen molar-refractivity contribution in [2.24, 2.45) is 5.73 Å². The largest absolute Gasteiger partial charge is 0.315 e. The zero-order valence-electron chi connectivity index (χ0n) is 10.9. The lowest BCUT2D eigenvalue weighted by Crippen LogP contribution is -2.36. The number of nitrogens with two attached hydrogens (primary N) is 1. The van der Waals surface area contributed by atoms with Gasteiger partial charge in [0.05, 0.1) is 6.17 Å². The summed E-state index contributed by atoms with van der Waals surface area (Å²) in [5.41, 5.74) is 15.0. The summed E-state index contributed by atoms with van der Waals surface area (Å²) < 4.78 is 0. The van der Waals surface area contributed by atoms with E-state index >= 15 is 0 Å². The Hall–Kier alpha value is -0.900. The third kappa shape index (κ3) is 2.58. The van der Waals surface area contributed by atoms with Crippen LogP contribution in [0.4, 0.5) is 0 Å². The highest BCUT2D eigenvalue weighted by atomic mass is 15.4. The quantitative estimate of drug-likeness (QED) is 0.750. The van der Waals surface area contributed by atoms with Crippen molar-refractivity contribution in [3.63, 3.8) is 0 Å². The number of nitrogens with one attached hydrogen (secondary N) is 2. The maximum absolute atomic E-state index is 5.84. The van der Waals surface area contributed by atoms with Gasteiger partial charge in [0, 0.05) is 6.04 Å². The number of hydrogen-bond donors (Lipinski definition) is 3. The number of benzene rings is 1. The molecule has 3 heteroatoms. The summed E-state index contributed by atoms with van der Waals surface area (Å²) in [5.74, 6) is 0.796. The maximum atomic E-state index is 5.84. The molecule has 0 aromatic heterocycles. The van der Waals surface area contributed by atoms with Crippen LogP contribution in [0.2, 0.25) is 0 Å². The van der Waals surface area contributed by atoms with Gasteiger partial charge in [-0.15, -0.1) is 0 Å². The van der Waals surface area contributed by atoms with Crippen molar-refractivity contribution >= 4 is 0 Å². The van der Waals surface area contributed by atoms with E-state index in [1.54, 1.807) is 0 Å². The molecule has 1 saturated heterocycles. The van der Waals surface area contributed by atoms with E-state index in [0.29, 0.717) is 6.04 Å². The highest BCUT2D eigenvalue weighted by Crippen LogP contribution is 2.33. The number of hydrazine groups is 1. The van der Waals surface area contributed by atoms with E-state index in [9.17, 15) is 0 Å². The van der Waals surface area contributed by atoms with Gasteiger partial charge in [-0.05, 0) is 36.3 Å². The first-order valence-corrected chi connectivity index (χ1v) is 7.19. The van der Waals surface area contributed by atoms with Crippen LogP contribution in [0.1, 0.15) is 61.6 Å². The van der Waals surface area contributed by atoms with Crippen LogP contribution in [0, 0.1) is 0 Å². The molecule has 1 heterocycles. The Morgan fingerprint density at radius 3 is 2.17 bits per heavy atom. The normalized spacial score (nSPS) is 29.6. The van der Waals surface area contributed by atoms with E-state index in [0.717, 1.165) is 12.3 Å². The highest BCUT2D eigenvalue weighted by molar-refractivity contribution is 5.28. The minimum absolute atomic E-state index is 0.0769. The average molecular weight is 245 g/mol. The van der Waals surface area contributed by atoms with E-state index in [1.165, 1.54) is 43.2 Å². The Bertz CT molecular complexity index is 357. The molecule has 1 aliphatic heterocycles. The summed E-state index contributed by atoms with van der Waals surface area (Å²) in [5, 5.41) is 0. The molecule has 0 spiro atoms. The molecular formula is C15H23N3. The van der Waals surface area contributed by atoms with Crippen LogP contribution in [0.25, 0.3) is 0 Å². The maximum Gasteiger partial charge on any atom is 0.0698 e. The second-order valence-corrected chi connectivity index (χ2v) is 5.69. The van der Waals surface area contributed by atoms with Crippen LogP contribution in [-0.2, 0) is 0 Å². The van der Waals surface area contributed by atoms with Gasteiger partial charge in [-0.3, -0.25) is 0 Å². The fraction of sp³-hybridized carbons (Fsp3) is 0.600. The van der Waals surface area contributed by atoms with Crippen LogP contribution in [0.15, 0.2) is 24.3 Å². The molecule has 1 saturated carbocycles. The first kappa shape index (κ1) is 12.2. The molecule has 2 unspecified atom stereocenters. The summed E-state index contributed by atoms with van der Waals surface area (Å²) in [4.78, 5) is 0. The van der Waals surface area contributed by atoms with E-state index in [4.69, 9.17) is 5.73 Å². The van der Waals surface area contributed by atoms with Gasteiger partial charge in [-0.2, -0.15) is 0 Å². The lowest BCUT2D eigenvalue weighted by molar-refractivity contribution is 0.443. The first-order valence-electron chi connectivity index (χ1n) is 7.19. The molecule has 0 bridgehead atoms. The van der Waals surface area contributed by atoms with Crippen LogP contribution in [-0.4, -0.2) is 6.17 Å². The highest BCUT2D eigenvalue weighted by Gasteiger charge is 2.22. The van der Waals surface area contributed by atoms with Gasteiger partial charge < -0.3 is 5.73 Å². The zero-order valence-corrected chi connectivity index (χ0v) is 10.9. The lowest BCUT2D eigenvalue weighted by atomic mass is 9.83. The van der Waals surface area contributed by atoms with E-state index in [2.05, 4.69) is 35.1 Å². The van der Waals surface area contributed by atoms with Crippen molar-refractivity contribution in [1.29, 1.82) is 0 Å². The van der Waals surface area contributed by atoms with Gasteiger partial charge in [-0.25, -0.2) is 10.9 Å². The van der Waals surface area contributed by atoms with Crippen molar-refractivity contribution in [2.75, 3.05) is 0 Å². The predicted molar refractivity (Wildman–Crippen MR) is 73.9 cm³/mol. The SMILES string of the molecule is NC1CC(c2ccc(C3CCCCC3)cc2)NN1. The Morgan fingerprint density at radius 2 is 1.56 bits per heavy atom. The van der Waals surface area contributed by atoms with Gasteiger partial charge in [0.15, 0.2) is 0 Å². The minimum atomic E-state index is 0.0769. The van der Waals surface area contributed by atoms with E-state index in [1.807, 2.05) is 0 Å². The summed E-state index contributed by atoms with van der Waals surface area (Å²) in [6.07, 6.45) is 7.99. The van der Waals surface area contributed by atoms with Crippen molar-refractivity contribution in [1.82, 2.24) is 10.9 Å². The Balaban J connectivity index is 1.68. The molecule has 1 aliphatic carbocycles. The number of rotatable bonds is 2. The molecule has 0 amide bonds. The zero-order chi connectivity index (χ0) is 12.4. The van der Waals surface area contributed by atoms with Crippen LogP contribution in [0.3, 0.4) is 0 Å². The fourth-order valence-electron chi connectivity index (χ4n) is 3.24. The minimum Gasteiger partial charge on any atom is -0.315 e. The third-order valence-electron chi connectivity index (χ3n) is 4.35. The second-order valence-electron chi connectivity index (χ2n) is 5.69. The topological polar surface area (TPSA) is 50.1 Å². The first-order chi connectivity index (χ1) is 8.83. The van der Waals surface area contributed by atoms with E-state index in [-0.39, 0.29) is 6.17 Å². The molecule has 98 valence electrons. The molecule has 2 aliphatic rings. The molecule has 2 fully saturated rings. The summed E-state index contributed by atoms with van der Waals surface area (Å²) in [7, 11) is 0. The molecule has 3 nitrogen and oxygen atoms in total. The summed E-state index contributed by atoms with van der Waals surface area (Å²) in [6, 6.07) is 9.52. The van der Waals surface area contributed by atoms with Crippen molar-refractivity contribution in [2.45, 2.75) is 56.7 Å². The number of hydrogen-bond acceptors (Lipinski definition) is 3. The monoisotopic (exact) mass is 245 g/mol.